The number of rotatable bonds is 6. The molecule has 1 aromatic heterocycles. The minimum atomic E-state index is -0.0926. The van der Waals surface area contributed by atoms with Gasteiger partial charge in [-0.25, -0.2) is 4.98 Å². The van der Waals surface area contributed by atoms with Crippen molar-refractivity contribution in [2.45, 2.75) is 13.5 Å². The maximum Gasteiger partial charge on any atom is 0.265 e. The monoisotopic (exact) mass is 401 g/mol. The lowest BCUT2D eigenvalue weighted by atomic mass is 10.2. The van der Waals surface area contributed by atoms with Gasteiger partial charge < -0.3 is 10.2 Å². The van der Waals surface area contributed by atoms with E-state index in [0.29, 0.717) is 22.2 Å². The molecule has 3 rings (SSSR count). The van der Waals surface area contributed by atoms with E-state index < -0.39 is 0 Å². The number of hydrogen-bond donors (Lipinski definition) is 1. The summed E-state index contributed by atoms with van der Waals surface area (Å²) < 4.78 is 0. The topological polar surface area (TPSA) is 68.8 Å². The molecule has 2 heterocycles. The Morgan fingerprint density at radius 1 is 1.11 bits per heavy atom. The van der Waals surface area contributed by atoms with Crippen LogP contribution in [0.25, 0.3) is 0 Å². The maximum absolute atomic E-state index is 12.4. The quantitative estimate of drug-likeness (QED) is 0.801. The standard InChI is InChI=1S/C20H27N5O2S/c1-15-18(19(27)23(2)3)28-20(21-15)22-17(26)14-25-11-9-24(10-12-25)13-16-7-5-4-6-8-16/h4-8H,9-14H2,1-3H3,(H,21,22,26). The van der Waals surface area contributed by atoms with E-state index in [-0.39, 0.29) is 11.8 Å². The van der Waals surface area contributed by atoms with Crippen LogP contribution in [0.4, 0.5) is 5.13 Å². The van der Waals surface area contributed by atoms with Gasteiger partial charge in [-0.05, 0) is 12.5 Å². The third kappa shape index (κ3) is 5.37. The lowest BCUT2D eigenvalue weighted by Crippen LogP contribution is -2.48. The summed E-state index contributed by atoms with van der Waals surface area (Å²) in [4.78, 5) is 35.5. The number of carbonyl (C=O) groups is 2. The Kier molecular flexibility index (Phi) is 6.77. The van der Waals surface area contributed by atoms with Gasteiger partial charge in [0.1, 0.15) is 4.88 Å². The van der Waals surface area contributed by atoms with Gasteiger partial charge in [0.05, 0.1) is 12.2 Å². The lowest BCUT2D eigenvalue weighted by molar-refractivity contribution is -0.117. The summed E-state index contributed by atoms with van der Waals surface area (Å²) in [5.41, 5.74) is 1.96. The van der Waals surface area contributed by atoms with Crippen molar-refractivity contribution in [2.24, 2.45) is 0 Å². The van der Waals surface area contributed by atoms with Gasteiger partial charge in [0.15, 0.2) is 5.13 Å². The molecule has 1 N–H and O–H groups in total. The summed E-state index contributed by atoms with van der Waals surface area (Å²) in [6.07, 6.45) is 0. The largest absolute Gasteiger partial charge is 0.344 e. The highest BCUT2D eigenvalue weighted by Gasteiger charge is 2.21. The van der Waals surface area contributed by atoms with Crippen molar-refractivity contribution < 1.29 is 9.59 Å². The second-order valence-corrected chi connectivity index (χ2v) is 8.22. The third-order valence-corrected chi connectivity index (χ3v) is 5.79. The Morgan fingerprint density at radius 3 is 2.39 bits per heavy atom. The van der Waals surface area contributed by atoms with Crippen LogP contribution >= 0.6 is 11.3 Å². The molecule has 0 atom stereocenters. The van der Waals surface area contributed by atoms with Gasteiger partial charge in [-0.1, -0.05) is 41.7 Å². The first-order chi connectivity index (χ1) is 13.4. The van der Waals surface area contributed by atoms with Crippen LogP contribution in [0.1, 0.15) is 20.9 Å². The highest BCUT2D eigenvalue weighted by Crippen LogP contribution is 2.23. The lowest BCUT2D eigenvalue weighted by Gasteiger charge is -2.34. The van der Waals surface area contributed by atoms with Crippen molar-refractivity contribution in [3.63, 3.8) is 0 Å². The highest BCUT2D eigenvalue weighted by atomic mass is 32.1. The molecule has 2 amide bonds. The van der Waals surface area contributed by atoms with Gasteiger partial charge in [-0.2, -0.15) is 0 Å². The SMILES string of the molecule is Cc1nc(NC(=O)CN2CCN(Cc3ccccc3)CC2)sc1C(=O)N(C)C. The minimum Gasteiger partial charge on any atom is -0.344 e. The normalized spacial score (nSPS) is 15.4. The second kappa shape index (κ2) is 9.27. The maximum atomic E-state index is 12.4. The molecular formula is C20H27N5O2S. The molecule has 0 radical (unpaired) electrons. The first-order valence-electron chi connectivity index (χ1n) is 9.40. The number of nitrogens with zero attached hydrogens (tertiary/aromatic N) is 4. The molecule has 1 saturated heterocycles. The Bertz CT molecular complexity index is 813. The number of aryl methyl sites for hydroxylation is 1. The van der Waals surface area contributed by atoms with Crippen molar-refractivity contribution >= 4 is 28.3 Å². The molecule has 7 nitrogen and oxygen atoms in total. The number of carbonyl (C=O) groups excluding carboxylic acids is 2. The van der Waals surface area contributed by atoms with Crippen LogP contribution in [0.3, 0.4) is 0 Å². The molecule has 1 fully saturated rings. The number of piperazine rings is 1. The number of anilines is 1. The van der Waals surface area contributed by atoms with E-state index in [4.69, 9.17) is 0 Å². The molecular weight excluding hydrogens is 374 g/mol. The number of benzene rings is 1. The minimum absolute atomic E-state index is 0.0888. The molecule has 1 aliphatic rings. The smallest absolute Gasteiger partial charge is 0.265 e. The number of thiazole rings is 1. The fourth-order valence-corrected chi connectivity index (χ4v) is 4.16. The molecule has 1 aromatic carbocycles. The zero-order valence-electron chi connectivity index (χ0n) is 16.6. The van der Waals surface area contributed by atoms with Gasteiger partial charge in [-0.15, -0.1) is 0 Å². The predicted octanol–water partition coefficient (Wildman–Crippen LogP) is 1.91. The molecule has 8 heteroatoms. The fraction of sp³-hybridized carbons (Fsp3) is 0.450. The number of amides is 2. The molecule has 0 spiro atoms. The zero-order chi connectivity index (χ0) is 20.1. The molecule has 1 aliphatic heterocycles. The molecule has 0 bridgehead atoms. The van der Waals surface area contributed by atoms with E-state index in [1.165, 1.54) is 21.8 Å². The van der Waals surface area contributed by atoms with Crippen LogP contribution in [-0.2, 0) is 11.3 Å². The molecule has 0 unspecified atom stereocenters. The van der Waals surface area contributed by atoms with Crippen LogP contribution in [0.15, 0.2) is 30.3 Å². The summed E-state index contributed by atoms with van der Waals surface area (Å²) in [5, 5.41) is 3.32. The first-order valence-corrected chi connectivity index (χ1v) is 10.2. The Morgan fingerprint density at radius 2 is 1.75 bits per heavy atom. The van der Waals surface area contributed by atoms with E-state index in [1.54, 1.807) is 21.0 Å². The summed E-state index contributed by atoms with van der Waals surface area (Å²) in [5.74, 6) is -0.181. The number of hydrogen-bond acceptors (Lipinski definition) is 6. The first kappa shape index (κ1) is 20.4. The van der Waals surface area contributed by atoms with Crippen molar-refractivity contribution in [2.75, 3.05) is 52.1 Å². The average Bonchev–Trinajstić information content (AvgIpc) is 3.03. The molecule has 150 valence electrons. The van der Waals surface area contributed by atoms with E-state index in [0.717, 1.165) is 32.7 Å². The van der Waals surface area contributed by atoms with Gasteiger partial charge in [0.25, 0.3) is 5.91 Å². The van der Waals surface area contributed by atoms with Crippen LogP contribution in [0.2, 0.25) is 0 Å². The highest BCUT2D eigenvalue weighted by molar-refractivity contribution is 7.17. The fourth-order valence-electron chi connectivity index (χ4n) is 3.16. The second-order valence-electron chi connectivity index (χ2n) is 7.22. The molecule has 28 heavy (non-hydrogen) atoms. The van der Waals surface area contributed by atoms with Crippen molar-refractivity contribution in [1.82, 2.24) is 19.7 Å². The van der Waals surface area contributed by atoms with Gasteiger partial charge in [0.2, 0.25) is 5.91 Å². The van der Waals surface area contributed by atoms with Crippen molar-refractivity contribution in [3.05, 3.63) is 46.5 Å². The van der Waals surface area contributed by atoms with E-state index in [2.05, 4.69) is 44.4 Å². The Labute approximate surface area is 170 Å². The molecule has 0 saturated carbocycles. The van der Waals surface area contributed by atoms with Gasteiger partial charge in [0, 0.05) is 46.8 Å². The number of nitrogens with one attached hydrogen (secondary N) is 1. The Balaban J connectivity index is 1.46. The predicted molar refractivity (Wildman–Crippen MR) is 112 cm³/mol. The van der Waals surface area contributed by atoms with Gasteiger partial charge >= 0.3 is 0 Å². The van der Waals surface area contributed by atoms with E-state index in [1.807, 2.05) is 6.07 Å². The van der Waals surface area contributed by atoms with Crippen LogP contribution in [0, 0.1) is 6.92 Å². The molecule has 2 aromatic rings. The Hall–Kier alpha value is -2.29. The van der Waals surface area contributed by atoms with Crippen molar-refractivity contribution in [3.8, 4) is 0 Å². The summed E-state index contributed by atoms with van der Waals surface area (Å²) >= 11 is 1.23. The van der Waals surface area contributed by atoms with Crippen molar-refractivity contribution in [1.29, 1.82) is 0 Å². The van der Waals surface area contributed by atoms with E-state index in [9.17, 15) is 9.59 Å². The molecule has 0 aliphatic carbocycles. The zero-order valence-corrected chi connectivity index (χ0v) is 17.5. The summed E-state index contributed by atoms with van der Waals surface area (Å²) in [6.45, 7) is 6.69. The average molecular weight is 402 g/mol. The van der Waals surface area contributed by atoms with Gasteiger partial charge in [-0.3, -0.25) is 19.4 Å². The van der Waals surface area contributed by atoms with Crippen LogP contribution < -0.4 is 5.32 Å². The van der Waals surface area contributed by atoms with E-state index >= 15 is 0 Å². The summed E-state index contributed by atoms with van der Waals surface area (Å²) in [7, 11) is 3.41. The number of aromatic nitrogens is 1. The summed E-state index contributed by atoms with van der Waals surface area (Å²) in [6, 6.07) is 10.4. The van der Waals surface area contributed by atoms with Crippen LogP contribution in [0.5, 0.6) is 0 Å². The third-order valence-electron chi connectivity index (χ3n) is 4.72. The van der Waals surface area contributed by atoms with Crippen LogP contribution in [-0.4, -0.2) is 78.3 Å².